The van der Waals surface area contributed by atoms with E-state index < -0.39 is 0 Å². The number of imidazole rings is 1. The predicted octanol–water partition coefficient (Wildman–Crippen LogP) is 2.74. The Balaban J connectivity index is 1.59. The van der Waals surface area contributed by atoms with Gasteiger partial charge in [-0.15, -0.1) is 5.10 Å². The van der Waals surface area contributed by atoms with E-state index in [2.05, 4.69) is 20.7 Å². The molecule has 7 heteroatoms. The molecule has 1 saturated carbocycles. The largest absolute Gasteiger partial charge is 0.399 e. The van der Waals surface area contributed by atoms with Crippen molar-refractivity contribution in [2.45, 2.75) is 37.8 Å². The fourth-order valence-corrected chi connectivity index (χ4v) is 3.27. The molecule has 0 amide bonds. The Morgan fingerprint density at radius 3 is 2.60 bits per heavy atom. The number of rotatable bonds is 4. The zero-order valence-corrected chi connectivity index (χ0v) is 14.0. The second-order valence-electron chi connectivity index (χ2n) is 6.64. The number of aromatic nitrogens is 3. The van der Waals surface area contributed by atoms with E-state index in [1.165, 1.54) is 0 Å². The van der Waals surface area contributed by atoms with Crippen LogP contribution >= 0.6 is 0 Å². The number of anilines is 4. The number of hydrogen-bond donors (Lipinski definition) is 4. The van der Waals surface area contributed by atoms with Crippen molar-refractivity contribution in [2.24, 2.45) is 5.73 Å². The van der Waals surface area contributed by atoms with Gasteiger partial charge in [-0.25, -0.2) is 9.50 Å². The van der Waals surface area contributed by atoms with Crippen LogP contribution in [0, 0.1) is 0 Å². The SMILES string of the molecule is Nc1ccc(Nc2cc(NC3CCC(N)CC3)nn3ccnc23)cc1. The van der Waals surface area contributed by atoms with E-state index in [1.54, 1.807) is 10.7 Å². The maximum Gasteiger partial charge on any atom is 0.177 e. The van der Waals surface area contributed by atoms with Crippen molar-refractivity contribution < 1.29 is 0 Å². The van der Waals surface area contributed by atoms with Crippen molar-refractivity contribution in [3.05, 3.63) is 42.7 Å². The molecule has 3 aromatic rings. The Labute approximate surface area is 146 Å². The monoisotopic (exact) mass is 337 g/mol. The van der Waals surface area contributed by atoms with E-state index in [-0.39, 0.29) is 0 Å². The van der Waals surface area contributed by atoms with Gasteiger partial charge in [0, 0.05) is 41.9 Å². The molecule has 0 aliphatic heterocycles. The van der Waals surface area contributed by atoms with Crippen LogP contribution in [0.1, 0.15) is 25.7 Å². The Hall–Kier alpha value is -2.80. The quantitative estimate of drug-likeness (QED) is 0.545. The van der Waals surface area contributed by atoms with Gasteiger partial charge in [0.05, 0.1) is 5.69 Å². The van der Waals surface area contributed by atoms with Gasteiger partial charge in [-0.2, -0.15) is 0 Å². The summed E-state index contributed by atoms with van der Waals surface area (Å²) >= 11 is 0. The second kappa shape index (κ2) is 6.60. The molecule has 0 bridgehead atoms. The Kier molecular flexibility index (Phi) is 4.15. The van der Waals surface area contributed by atoms with Crippen LogP contribution in [0.3, 0.4) is 0 Å². The van der Waals surface area contributed by atoms with Gasteiger partial charge in [-0.1, -0.05) is 0 Å². The highest BCUT2D eigenvalue weighted by molar-refractivity contribution is 5.76. The first-order chi connectivity index (χ1) is 12.2. The first kappa shape index (κ1) is 15.7. The van der Waals surface area contributed by atoms with Crippen LogP contribution in [0.5, 0.6) is 0 Å². The van der Waals surface area contributed by atoms with Crippen LogP contribution in [0.25, 0.3) is 5.65 Å². The molecule has 2 heterocycles. The third-order valence-electron chi connectivity index (χ3n) is 4.67. The molecule has 7 nitrogen and oxygen atoms in total. The van der Waals surface area contributed by atoms with Crippen LogP contribution in [-0.4, -0.2) is 26.7 Å². The lowest BCUT2D eigenvalue weighted by Crippen LogP contribution is -2.33. The number of nitrogen functional groups attached to an aromatic ring is 1. The lowest BCUT2D eigenvalue weighted by molar-refractivity contribution is 0.410. The summed E-state index contributed by atoms with van der Waals surface area (Å²) in [7, 11) is 0. The average Bonchev–Trinajstić information content (AvgIpc) is 3.08. The topological polar surface area (TPSA) is 106 Å². The zero-order chi connectivity index (χ0) is 17.2. The van der Waals surface area contributed by atoms with Crippen LogP contribution < -0.4 is 22.1 Å². The summed E-state index contributed by atoms with van der Waals surface area (Å²) < 4.78 is 1.79. The molecule has 1 aromatic carbocycles. The zero-order valence-electron chi connectivity index (χ0n) is 14.0. The minimum absolute atomic E-state index is 0.338. The Morgan fingerprint density at radius 2 is 1.84 bits per heavy atom. The highest BCUT2D eigenvalue weighted by atomic mass is 15.3. The van der Waals surface area contributed by atoms with E-state index in [9.17, 15) is 0 Å². The van der Waals surface area contributed by atoms with Crippen molar-refractivity contribution in [1.82, 2.24) is 14.6 Å². The van der Waals surface area contributed by atoms with Gasteiger partial charge in [0.1, 0.15) is 5.82 Å². The molecule has 0 atom stereocenters. The van der Waals surface area contributed by atoms with Crippen LogP contribution in [0.15, 0.2) is 42.7 Å². The van der Waals surface area contributed by atoms with E-state index in [0.29, 0.717) is 12.1 Å². The third kappa shape index (κ3) is 3.51. The normalized spacial score (nSPS) is 20.5. The minimum atomic E-state index is 0.338. The molecular weight excluding hydrogens is 314 g/mol. The highest BCUT2D eigenvalue weighted by Gasteiger charge is 2.19. The minimum Gasteiger partial charge on any atom is -0.399 e. The van der Waals surface area contributed by atoms with Crippen LogP contribution in [0.2, 0.25) is 0 Å². The summed E-state index contributed by atoms with van der Waals surface area (Å²) in [6.45, 7) is 0. The molecule has 1 aliphatic rings. The maximum absolute atomic E-state index is 6.00. The van der Waals surface area contributed by atoms with E-state index in [4.69, 9.17) is 11.5 Å². The van der Waals surface area contributed by atoms with Gasteiger partial charge in [0.25, 0.3) is 0 Å². The van der Waals surface area contributed by atoms with Crippen molar-refractivity contribution >= 4 is 28.5 Å². The molecule has 1 fully saturated rings. The molecule has 4 rings (SSSR count). The first-order valence-electron chi connectivity index (χ1n) is 8.66. The highest BCUT2D eigenvalue weighted by Crippen LogP contribution is 2.26. The molecule has 1 aliphatic carbocycles. The Bertz CT molecular complexity index is 847. The summed E-state index contributed by atoms with van der Waals surface area (Å²) in [4.78, 5) is 4.40. The lowest BCUT2D eigenvalue weighted by atomic mass is 9.92. The lowest BCUT2D eigenvalue weighted by Gasteiger charge is -2.27. The Morgan fingerprint density at radius 1 is 1.08 bits per heavy atom. The molecule has 2 aromatic heterocycles. The molecular formula is C18H23N7. The standard InChI is InChI=1S/C18H23N7/c19-12-1-5-14(6-2-12)22-16-11-17(24-25-10-9-21-18(16)25)23-15-7-3-13(20)4-8-15/h1-2,5-6,9-11,13,15,22H,3-4,7-8,19-20H2,(H,23,24). The summed E-state index contributed by atoms with van der Waals surface area (Å²) in [5, 5.41) is 11.6. The third-order valence-corrected chi connectivity index (χ3v) is 4.67. The fraction of sp³-hybridized carbons (Fsp3) is 0.333. The number of hydrogen-bond acceptors (Lipinski definition) is 6. The van der Waals surface area contributed by atoms with Crippen molar-refractivity contribution in [1.29, 1.82) is 0 Å². The van der Waals surface area contributed by atoms with E-state index in [1.807, 2.05) is 36.5 Å². The van der Waals surface area contributed by atoms with Crippen molar-refractivity contribution in [2.75, 3.05) is 16.4 Å². The van der Waals surface area contributed by atoms with E-state index >= 15 is 0 Å². The number of nitrogens with one attached hydrogen (secondary N) is 2. The number of nitrogens with two attached hydrogens (primary N) is 2. The van der Waals surface area contributed by atoms with E-state index in [0.717, 1.165) is 54.2 Å². The maximum atomic E-state index is 6.00. The van der Waals surface area contributed by atoms with Crippen molar-refractivity contribution in [3.63, 3.8) is 0 Å². The summed E-state index contributed by atoms with van der Waals surface area (Å²) in [6, 6.07) is 10.4. The number of nitrogens with zero attached hydrogens (tertiary/aromatic N) is 3. The molecule has 25 heavy (non-hydrogen) atoms. The summed E-state index contributed by atoms with van der Waals surface area (Å²) in [5.41, 5.74) is 15.1. The average molecular weight is 337 g/mol. The summed E-state index contributed by atoms with van der Waals surface area (Å²) in [6.07, 6.45) is 7.87. The van der Waals surface area contributed by atoms with Crippen LogP contribution in [-0.2, 0) is 0 Å². The molecule has 0 radical (unpaired) electrons. The van der Waals surface area contributed by atoms with Crippen LogP contribution in [0.4, 0.5) is 22.9 Å². The van der Waals surface area contributed by atoms with Crippen molar-refractivity contribution in [3.8, 4) is 0 Å². The summed E-state index contributed by atoms with van der Waals surface area (Å²) in [5.74, 6) is 0.837. The predicted molar refractivity (Wildman–Crippen MR) is 101 cm³/mol. The van der Waals surface area contributed by atoms with Gasteiger partial charge in [0.2, 0.25) is 0 Å². The van der Waals surface area contributed by atoms with Gasteiger partial charge in [-0.05, 0) is 49.9 Å². The smallest absolute Gasteiger partial charge is 0.177 e. The number of fused-ring (bicyclic) bond motifs is 1. The van der Waals surface area contributed by atoms with Gasteiger partial charge in [0.15, 0.2) is 5.65 Å². The molecule has 130 valence electrons. The molecule has 0 spiro atoms. The van der Waals surface area contributed by atoms with Gasteiger partial charge < -0.3 is 22.1 Å². The fourth-order valence-electron chi connectivity index (χ4n) is 3.27. The molecule has 0 saturated heterocycles. The van der Waals surface area contributed by atoms with Gasteiger partial charge >= 0.3 is 0 Å². The molecule has 6 N–H and O–H groups in total. The molecule has 0 unspecified atom stereocenters. The number of benzene rings is 1. The van der Waals surface area contributed by atoms with Gasteiger partial charge in [-0.3, -0.25) is 0 Å². The first-order valence-corrected chi connectivity index (χ1v) is 8.66. The second-order valence-corrected chi connectivity index (χ2v) is 6.64.